The molecule has 1 heterocycles. The zero-order valence-electron chi connectivity index (χ0n) is 10.5. The molecule has 1 aliphatic heterocycles. The normalized spacial score (nSPS) is 21.3. The molecule has 0 aromatic heterocycles. The van der Waals surface area contributed by atoms with Gasteiger partial charge in [-0.15, -0.1) is 0 Å². The molecular weight excluding hydrogens is 208 g/mol. The molecular formula is C15H22N2. The Kier molecular flexibility index (Phi) is 2.96. The van der Waals surface area contributed by atoms with E-state index in [0.29, 0.717) is 0 Å². The van der Waals surface area contributed by atoms with Gasteiger partial charge in [-0.3, -0.25) is 0 Å². The molecule has 0 amide bonds. The third-order valence-electron chi connectivity index (χ3n) is 4.28. The van der Waals surface area contributed by atoms with E-state index in [1.807, 2.05) is 6.07 Å². The molecule has 1 fully saturated rings. The second-order valence-electron chi connectivity index (χ2n) is 5.48. The summed E-state index contributed by atoms with van der Waals surface area (Å²) in [4.78, 5) is 2.63. The van der Waals surface area contributed by atoms with Crippen LogP contribution in [0.15, 0.2) is 18.2 Å². The van der Waals surface area contributed by atoms with Gasteiger partial charge in [0, 0.05) is 24.0 Å². The highest BCUT2D eigenvalue weighted by Gasteiger charge is 2.25. The Balaban J connectivity index is 1.89. The van der Waals surface area contributed by atoms with Crippen LogP contribution in [0, 0.1) is 0 Å². The summed E-state index contributed by atoms with van der Waals surface area (Å²) in [5.41, 5.74) is 9.77. The van der Waals surface area contributed by atoms with E-state index < -0.39 is 0 Å². The number of fused-ring (bicyclic) bond motifs is 1. The monoisotopic (exact) mass is 230 g/mol. The number of aryl methyl sites for hydroxylation is 1. The fraction of sp³-hybridized carbons (Fsp3) is 0.600. The Labute approximate surface area is 104 Å². The van der Waals surface area contributed by atoms with E-state index in [2.05, 4.69) is 17.0 Å². The van der Waals surface area contributed by atoms with Gasteiger partial charge in [-0.2, -0.15) is 0 Å². The van der Waals surface area contributed by atoms with Crippen LogP contribution in [-0.4, -0.2) is 12.6 Å². The van der Waals surface area contributed by atoms with Crippen LogP contribution >= 0.6 is 0 Å². The molecule has 1 saturated carbocycles. The molecule has 0 unspecified atom stereocenters. The molecule has 3 rings (SSSR count). The molecule has 17 heavy (non-hydrogen) atoms. The van der Waals surface area contributed by atoms with Crippen molar-refractivity contribution < 1.29 is 0 Å². The molecule has 2 nitrogen and oxygen atoms in total. The third kappa shape index (κ3) is 2.13. The molecule has 92 valence electrons. The lowest BCUT2D eigenvalue weighted by Gasteiger charge is -2.40. The highest BCUT2D eigenvalue weighted by Crippen LogP contribution is 2.34. The molecule has 2 N–H and O–H groups in total. The van der Waals surface area contributed by atoms with E-state index in [9.17, 15) is 0 Å². The molecule has 2 heteroatoms. The zero-order valence-corrected chi connectivity index (χ0v) is 10.5. The predicted octanol–water partition coefficient (Wildman–Crippen LogP) is 3.35. The topological polar surface area (TPSA) is 29.3 Å². The second-order valence-corrected chi connectivity index (χ2v) is 5.48. The first-order valence-corrected chi connectivity index (χ1v) is 6.99. The highest BCUT2D eigenvalue weighted by atomic mass is 15.2. The first-order chi connectivity index (χ1) is 8.34. The van der Waals surface area contributed by atoms with E-state index in [1.165, 1.54) is 62.7 Å². The number of hydrogen-bond donors (Lipinski definition) is 1. The number of nitrogens with two attached hydrogens (primary N) is 1. The summed E-state index contributed by atoms with van der Waals surface area (Å²) in [6.07, 6.45) is 9.49. The summed E-state index contributed by atoms with van der Waals surface area (Å²) in [5.74, 6) is 0. The van der Waals surface area contributed by atoms with Crippen molar-refractivity contribution in [2.75, 3.05) is 17.2 Å². The number of hydrogen-bond acceptors (Lipinski definition) is 2. The maximum Gasteiger partial charge on any atom is 0.0421 e. The van der Waals surface area contributed by atoms with Crippen molar-refractivity contribution in [1.29, 1.82) is 0 Å². The zero-order chi connectivity index (χ0) is 11.7. The minimum Gasteiger partial charge on any atom is -0.399 e. The highest BCUT2D eigenvalue weighted by molar-refractivity contribution is 5.63. The number of anilines is 2. The van der Waals surface area contributed by atoms with Crippen LogP contribution in [0.3, 0.4) is 0 Å². The van der Waals surface area contributed by atoms with Crippen molar-refractivity contribution in [2.24, 2.45) is 0 Å². The van der Waals surface area contributed by atoms with Crippen LogP contribution in [0.2, 0.25) is 0 Å². The lowest BCUT2D eigenvalue weighted by atomic mass is 9.91. The first-order valence-electron chi connectivity index (χ1n) is 6.99. The van der Waals surface area contributed by atoms with Gasteiger partial charge in [0.1, 0.15) is 0 Å². The van der Waals surface area contributed by atoms with Gasteiger partial charge >= 0.3 is 0 Å². The molecule has 1 aromatic carbocycles. The van der Waals surface area contributed by atoms with Gasteiger partial charge in [0.2, 0.25) is 0 Å². The Bertz CT molecular complexity index is 394. The average molecular weight is 230 g/mol. The van der Waals surface area contributed by atoms with Crippen molar-refractivity contribution in [3.8, 4) is 0 Å². The Morgan fingerprint density at radius 2 is 1.88 bits per heavy atom. The average Bonchev–Trinajstić information content (AvgIpc) is 2.39. The van der Waals surface area contributed by atoms with Gasteiger partial charge in [0.05, 0.1) is 0 Å². The molecule has 0 spiro atoms. The quantitative estimate of drug-likeness (QED) is 0.750. The van der Waals surface area contributed by atoms with E-state index in [0.717, 1.165) is 11.7 Å². The lowest BCUT2D eigenvalue weighted by molar-refractivity contribution is 0.408. The van der Waals surface area contributed by atoms with Gasteiger partial charge in [0.25, 0.3) is 0 Å². The first kappa shape index (κ1) is 10.9. The summed E-state index contributed by atoms with van der Waals surface area (Å²) in [5, 5.41) is 0. The molecule has 1 aromatic rings. The molecule has 0 atom stereocenters. The largest absolute Gasteiger partial charge is 0.399 e. The molecule has 0 saturated heterocycles. The van der Waals surface area contributed by atoms with Crippen LogP contribution in [0.25, 0.3) is 0 Å². The van der Waals surface area contributed by atoms with Crippen molar-refractivity contribution in [3.05, 3.63) is 23.8 Å². The Morgan fingerprint density at radius 1 is 1.06 bits per heavy atom. The van der Waals surface area contributed by atoms with Gasteiger partial charge in [-0.1, -0.05) is 25.3 Å². The molecule has 0 radical (unpaired) electrons. The van der Waals surface area contributed by atoms with Crippen LogP contribution in [0.1, 0.15) is 44.1 Å². The lowest BCUT2D eigenvalue weighted by Crippen LogP contribution is -2.40. The molecule has 0 bridgehead atoms. The minimum atomic E-state index is 0.768. The number of nitrogen functional groups attached to an aromatic ring is 1. The summed E-state index contributed by atoms with van der Waals surface area (Å²) in [7, 11) is 0. The van der Waals surface area contributed by atoms with Gasteiger partial charge in [0.15, 0.2) is 0 Å². The number of rotatable bonds is 1. The van der Waals surface area contributed by atoms with Crippen LogP contribution in [0.5, 0.6) is 0 Å². The third-order valence-corrected chi connectivity index (χ3v) is 4.28. The standard InChI is InChI=1S/C15H22N2/c16-13-9-8-12-5-4-10-17(15(12)11-13)14-6-2-1-3-7-14/h8-9,11,14H,1-7,10,16H2. The van der Waals surface area contributed by atoms with Crippen molar-refractivity contribution in [1.82, 2.24) is 0 Å². The fourth-order valence-corrected chi connectivity index (χ4v) is 3.39. The van der Waals surface area contributed by atoms with Crippen LogP contribution in [0.4, 0.5) is 11.4 Å². The Hall–Kier alpha value is -1.18. The SMILES string of the molecule is Nc1ccc2c(c1)N(C1CCCCC1)CCC2. The van der Waals surface area contributed by atoms with Crippen molar-refractivity contribution in [2.45, 2.75) is 51.0 Å². The predicted molar refractivity (Wildman–Crippen MR) is 73.4 cm³/mol. The van der Waals surface area contributed by atoms with Crippen LogP contribution in [-0.2, 0) is 6.42 Å². The van der Waals surface area contributed by atoms with E-state index in [1.54, 1.807) is 0 Å². The summed E-state index contributed by atoms with van der Waals surface area (Å²) in [6, 6.07) is 7.22. The van der Waals surface area contributed by atoms with E-state index in [-0.39, 0.29) is 0 Å². The smallest absolute Gasteiger partial charge is 0.0421 e. The van der Waals surface area contributed by atoms with Crippen molar-refractivity contribution >= 4 is 11.4 Å². The fourth-order valence-electron chi connectivity index (χ4n) is 3.39. The molecule has 2 aliphatic rings. The summed E-state index contributed by atoms with van der Waals surface area (Å²) >= 11 is 0. The van der Waals surface area contributed by atoms with E-state index >= 15 is 0 Å². The number of nitrogens with zero attached hydrogens (tertiary/aromatic N) is 1. The van der Waals surface area contributed by atoms with Gasteiger partial charge in [-0.05, 0) is 43.4 Å². The Morgan fingerprint density at radius 3 is 2.71 bits per heavy atom. The van der Waals surface area contributed by atoms with Gasteiger partial charge in [-0.25, -0.2) is 0 Å². The van der Waals surface area contributed by atoms with Crippen LogP contribution < -0.4 is 10.6 Å². The minimum absolute atomic E-state index is 0.768. The summed E-state index contributed by atoms with van der Waals surface area (Å²) < 4.78 is 0. The summed E-state index contributed by atoms with van der Waals surface area (Å²) in [6.45, 7) is 1.22. The van der Waals surface area contributed by atoms with Gasteiger partial charge < -0.3 is 10.6 Å². The van der Waals surface area contributed by atoms with E-state index in [4.69, 9.17) is 5.73 Å². The molecule has 1 aliphatic carbocycles. The number of benzene rings is 1. The van der Waals surface area contributed by atoms with Crippen molar-refractivity contribution in [3.63, 3.8) is 0 Å². The second kappa shape index (κ2) is 4.59. The maximum absolute atomic E-state index is 5.95. The maximum atomic E-state index is 5.95.